The lowest BCUT2D eigenvalue weighted by Crippen LogP contribution is -2.36. The van der Waals surface area contributed by atoms with E-state index in [1.807, 2.05) is 6.92 Å². The van der Waals surface area contributed by atoms with Gasteiger partial charge in [0.2, 0.25) is 0 Å². The van der Waals surface area contributed by atoms with E-state index in [1.54, 1.807) is 6.07 Å². The number of hydrogen-bond acceptors (Lipinski definition) is 5. The van der Waals surface area contributed by atoms with Gasteiger partial charge in [-0.25, -0.2) is 4.98 Å². The Morgan fingerprint density at radius 1 is 1.48 bits per heavy atom. The van der Waals surface area contributed by atoms with E-state index >= 15 is 0 Å². The fraction of sp³-hybridized carbons (Fsp3) is 0.533. The summed E-state index contributed by atoms with van der Waals surface area (Å²) in [5.41, 5.74) is 1.64. The molecule has 0 bridgehead atoms. The third-order valence-corrected chi connectivity index (χ3v) is 4.17. The Labute approximate surface area is 122 Å². The molecule has 1 fully saturated rings. The Hall–Kier alpha value is -1.95. The van der Waals surface area contributed by atoms with E-state index in [-0.39, 0.29) is 17.9 Å². The van der Waals surface area contributed by atoms with Gasteiger partial charge < -0.3 is 14.9 Å². The fourth-order valence-corrected chi connectivity index (χ4v) is 2.82. The van der Waals surface area contributed by atoms with Crippen LogP contribution < -0.4 is 5.32 Å². The summed E-state index contributed by atoms with van der Waals surface area (Å²) in [5.74, 6) is -0.0282. The molecule has 2 N–H and O–H groups in total. The van der Waals surface area contributed by atoms with Crippen molar-refractivity contribution in [1.82, 2.24) is 15.5 Å². The van der Waals surface area contributed by atoms with Gasteiger partial charge in [-0.05, 0) is 25.8 Å². The number of aryl methyl sites for hydroxylation is 1. The van der Waals surface area contributed by atoms with Gasteiger partial charge in [-0.1, -0.05) is 18.0 Å². The number of fused-ring (bicyclic) bond motifs is 1. The Kier molecular flexibility index (Phi) is 3.88. The Bertz CT molecular complexity index is 653. The number of aliphatic hydroxyl groups is 1. The number of hydrogen-bond donors (Lipinski definition) is 2. The van der Waals surface area contributed by atoms with Gasteiger partial charge >= 0.3 is 0 Å². The maximum absolute atomic E-state index is 12.2. The zero-order valence-electron chi connectivity index (χ0n) is 12.0. The van der Waals surface area contributed by atoms with E-state index in [0.29, 0.717) is 17.8 Å². The van der Waals surface area contributed by atoms with E-state index in [1.165, 1.54) is 6.20 Å². The first-order valence-corrected chi connectivity index (χ1v) is 7.33. The number of amides is 1. The van der Waals surface area contributed by atoms with Crippen LogP contribution in [0.15, 0.2) is 16.8 Å². The highest BCUT2D eigenvalue weighted by molar-refractivity contribution is 5.96. The summed E-state index contributed by atoms with van der Waals surface area (Å²) in [7, 11) is 0. The monoisotopic (exact) mass is 289 g/mol. The molecule has 2 unspecified atom stereocenters. The van der Waals surface area contributed by atoms with Crippen LogP contribution in [0.1, 0.15) is 41.7 Å². The average Bonchev–Trinajstić information content (AvgIpc) is 2.87. The quantitative estimate of drug-likeness (QED) is 0.899. The number of nitrogens with zero attached hydrogens (tertiary/aromatic N) is 2. The summed E-state index contributed by atoms with van der Waals surface area (Å²) in [6, 6.07) is 1.74. The number of aromatic nitrogens is 2. The molecule has 0 spiro atoms. The zero-order chi connectivity index (χ0) is 14.8. The van der Waals surface area contributed by atoms with Gasteiger partial charge in [0.05, 0.1) is 22.7 Å². The second-order valence-electron chi connectivity index (χ2n) is 5.67. The van der Waals surface area contributed by atoms with Gasteiger partial charge in [0.15, 0.2) is 0 Å². The summed E-state index contributed by atoms with van der Waals surface area (Å²) in [6.45, 7) is 2.31. The molecule has 112 valence electrons. The van der Waals surface area contributed by atoms with Crippen molar-refractivity contribution in [3.05, 3.63) is 23.5 Å². The fourth-order valence-electron chi connectivity index (χ4n) is 2.82. The molecule has 6 nitrogen and oxygen atoms in total. The zero-order valence-corrected chi connectivity index (χ0v) is 12.0. The van der Waals surface area contributed by atoms with E-state index < -0.39 is 0 Å². The van der Waals surface area contributed by atoms with Crippen LogP contribution in [-0.2, 0) is 0 Å². The molecular weight excluding hydrogens is 270 g/mol. The minimum atomic E-state index is -0.306. The van der Waals surface area contributed by atoms with Crippen LogP contribution in [0.2, 0.25) is 0 Å². The Morgan fingerprint density at radius 3 is 3.10 bits per heavy atom. The lowest BCUT2D eigenvalue weighted by molar-refractivity contribution is 0.0663. The van der Waals surface area contributed by atoms with Crippen molar-refractivity contribution < 1.29 is 14.4 Å². The van der Waals surface area contributed by atoms with Gasteiger partial charge in [0.25, 0.3) is 11.6 Å². The van der Waals surface area contributed by atoms with Crippen LogP contribution >= 0.6 is 0 Å². The third kappa shape index (κ3) is 2.90. The standard InChI is InChI=1S/C15H19N3O3/c1-9-12-6-11(8-17-15(12)21-18-9)14(20)16-7-10-4-2-3-5-13(10)19/h6,8,10,13,19H,2-5,7H2,1H3,(H,16,20). The molecule has 1 aliphatic rings. The third-order valence-electron chi connectivity index (χ3n) is 4.17. The molecule has 1 saturated carbocycles. The van der Waals surface area contributed by atoms with Crippen molar-refractivity contribution >= 4 is 17.0 Å². The molecule has 21 heavy (non-hydrogen) atoms. The summed E-state index contributed by atoms with van der Waals surface area (Å²) in [4.78, 5) is 16.3. The van der Waals surface area contributed by atoms with Crippen LogP contribution in [0.5, 0.6) is 0 Å². The lowest BCUT2D eigenvalue weighted by Gasteiger charge is -2.27. The SMILES string of the molecule is Cc1noc2ncc(C(=O)NCC3CCCCC3O)cc12. The molecule has 3 rings (SSSR count). The number of carbonyl (C=O) groups is 1. The molecule has 2 atom stereocenters. The molecule has 0 radical (unpaired) electrons. The van der Waals surface area contributed by atoms with Gasteiger partial charge in [-0.3, -0.25) is 4.79 Å². The molecule has 2 aromatic rings. The second kappa shape index (κ2) is 5.81. The highest BCUT2D eigenvalue weighted by atomic mass is 16.5. The van der Waals surface area contributed by atoms with Crippen LogP contribution in [-0.4, -0.2) is 33.8 Å². The van der Waals surface area contributed by atoms with Gasteiger partial charge in [-0.2, -0.15) is 0 Å². The van der Waals surface area contributed by atoms with Crippen LogP contribution in [0.4, 0.5) is 0 Å². The minimum absolute atomic E-state index is 0.150. The van der Waals surface area contributed by atoms with Crippen molar-refractivity contribution in [3.63, 3.8) is 0 Å². The molecule has 2 aromatic heterocycles. The molecule has 2 heterocycles. The van der Waals surface area contributed by atoms with Crippen LogP contribution in [0.25, 0.3) is 11.1 Å². The van der Waals surface area contributed by atoms with E-state index in [9.17, 15) is 9.90 Å². The Balaban J connectivity index is 1.67. The van der Waals surface area contributed by atoms with E-state index in [2.05, 4.69) is 15.5 Å². The molecule has 1 amide bonds. The minimum Gasteiger partial charge on any atom is -0.393 e. The normalized spacial score (nSPS) is 22.4. The smallest absolute Gasteiger partial charge is 0.257 e. The van der Waals surface area contributed by atoms with Crippen molar-refractivity contribution in [2.75, 3.05) is 6.54 Å². The summed E-state index contributed by atoms with van der Waals surface area (Å²) < 4.78 is 5.03. The van der Waals surface area contributed by atoms with Crippen molar-refractivity contribution in [1.29, 1.82) is 0 Å². The number of pyridine rings is 1. The number of rotatable bonds is 3. The van der Waals surface area contributed by atoms with Gasteiger partial charge in [-0.15, -0.1) is 0 Å². The molecule has 6 heteroatoms. The van der Waals surface area contributed by atoms with E-state index in [4.69, 9.17) is 4.52 Å². The number of nitrogens with one attached hydrogen (secondary N) is 1. The van der Waals surface area contributed by atoms with Crippen molar-refractivity contribution in [2.45, 2.75) is 38.7 Å². The summed E-state index contributed by atoms with van der Waals surface area (Å²) in [5, 5.41) is 17.4. The maximum Gasteiger partial charge on any atom is 0.257 e. The molecule has 1 aliphatic carbocycles. The van der Waals surface area contributed by atoms with Crippen molar-refractivity contribution in [2.24, 2.45) is 5.92 Å². The lowest BCUT2D eigenvalue weighted by atomic mass is 9.86. The van der Waals surface area contributed by atoms with E-state index in [0.717, 1.165) is 36.8 Å². The first-order chi connectivity index (χ1) is 10.1. The highest BCUT2D eigenvalue weighted by Crippen LogP contribution is 2.23. The molecule has 0 saturated heterocycles. The largest absolute Gasteiger partial charge is 0.393 e. The van der Waals surface area contributed by atoms with Gasteiger partial charge in [0.1, 0.15) is 0 Å². The molecule has 0 aromatic carbocycles. The van der Waals surface area contributed by atoms with Gasteiger partial charge in [0, 0.05) is 18.7 Å². The topological polar surface area (TPSA) is 88.2 Å². The predicted molar refractivity (Wildman–Crippen MR) is 76.8 cm³/mol. The molecular formula is C15H19N3O3. The average molecular weight is 289 g/mol. The van der Waals surface area contributed by atoms with Crippen LogP contribution in [0, 0.1) is 12.8 Å². The highest BCUT2D eigenvalue weighted by Gasteiger charge is 2.23. The molecule has 0 aliphatic heterocycles. The number of aliphatic hydroxyl groups excluding tert-OH is 1. The van der Waals surface area contributed by atoms with Crippen molar-refractivity contribution in [3.8, 4) is 0 Å². The first kappa shape index (κ1) is 14.0. The summed E-state index contributed by atoms with van der Waals surface area (Å²) in [6.07, 6.45) is 5.15. The Morgan fingerprint density at radius 2 is 2.29 bits per heavy atom. The maximum atomic E-state index is 12.2. The summed E-state index contributed by atoms with van der Waals surface area (Å²) >= 11 is 0. The first-order valence-electron chi connectivity index (χ1n) is 7.33. The predicted octanol–water partition coefficient (Wildman–Crippen LogP) is 1.81. The second-order valence-corrected chi connectivity index (χ2v) is 5.67. The van der Waals surface area contributed by atoms with Crippen LogP contribution in [0.3, 0.4) is 0 Å². The number of carbonyl (C=O) groups excluding carboxylic acids is 1.